The summed E-state index contributed by atoms with van der Waals surface area (Å²) in [4.78, 5) is 11.5. The van der Waals surface area contributed by atoms with Crippen molar-refractivity contribution < 1.29 is 0 Å². The Bertz CT molecular complexity index is 391. The summed E-state index contributed by atoms with van der Waals surface area (Å²) in [5, 5.41) is 3.29. The summed E-state index contributed by atoms with van der Waals surface area (Å²) in [6.07, 6.45) is 1.08. The second-order valence-corrected chi connectivity index (χ2v) is 6.31. The Balaban J connectivity index is 2.95. The van der Waals surface area contributed by atoms with E-state index < -0.39 is 0 Å². The van der Waals surface area contributed by atoms with Crippen molar-refractivity contribution in [2.45, 2.75) is 48.0 Å². The first-order chi connectivity index (χ1) is 9.42. The third-order valence-corrected chi connectivity index (χ3v) is 2.87. The van der Waals surface area contributed by atoms with Gasteiger partial charge in [-0.25, -0.2) is 4.98 Å². The van der Waals surface area contributed by atoms with E-state index in [9.17, 15) is 0 Å². The predicted octanol–water partition coefficient (Wildman–Crippen LogP) is 3.73. The average Bonchev–Trinajstić information content (AvgIpc) is 2.33. The first kappa shape index (κ1) is 16.7. The summed E-state index contributed by atoms with van der Waals surface area (Å²) >= 11 is 0. The zero-order valence-electron chi connectivity index (χ0n) is 13.9. The van der Waals surface area contributed by atoms with Gasteiger partial charge in [0, 0.05) is 31.4 Å². The SMILES string of the molecule is CCCNc1nc(C)cc(N(CC(C)C)CC(C)C)n1. The average molecular weight is 278 g/mol. The summed E-state index contributed by atoms with van der Waals surface area (Å²) in [7, 11) is 0. The van der Waals surface area contributed by atoms with E-state index in [0.717, 1.165) is 43.5 Å². The van der Waals surface area contributed by atoms with Crippen molar-refractivity contribution in [2.24, 2.45) is 11.8 Å². The molecule has 0 aromatic carbocycles. The van der Waals surface area contributed by atoms with Crippen LogP contribution >= 0.6 is 0 Å². The van der Waals surface area contributed by atoms with Gasteiger partial charge in [0.2, 0.25) is 5.95 Å². The molecule has 114 valence electrons. The quantitative estimate of drug-likeness (QED) is 0.786. The van der Waals surface area contributed by atoms with Gasteiger partial charge < -0.3 is 10.2 Å². The molecule has 0 bridgehead atoms. The molecule has 1 aromatic heterocycles. The van der Waals surface area contributed by atoms with Crippen molar-refractivity contribution in [1.82, 2.24) is 9.97 Å². The molecule has 0 saturated heterocycles. The number of aryl methyl sites for hydroxylation is 1. The molecule has 4 nitrogen and oxygen atoms in total. The van der Waals surface area contributed by atoms with Crippen molar-refractivity contribution in [2.75, 3.05) is 29.9 Å². The number of nitrogens with zero attached hydrogens (tertiary/aromatic N) is 3. The fourth-order valence-electron chi connectivity index (χ4n) is 2.17. The molecule has 1 heterocycles. The van der Waals surface area contributed by atoms with E-state index in [1.807, 2.05) is 6.92 Å². The minimum atomic E-state index is 0.621. The summed E-state index contributed by atoms with van der Waals surface area (Å²) in [6.45, 7) is 16.1. The molecular formula is C16H30N4. The van der Waals surface area contributed by atoms with E-state index >= 15 is 0 Å². The normalized spacial score (nSPS) is 11.2. The smallest absolute Gasteiger partial charge is 0.224 e. The fraction of sp³-hybridized carbons (Fsp3) is 0.750. The minimum absolute atomic E-state index is 0.621. The minimum Gasteiger partial charge on any atom is -0.356 e. The largest absolute Gasteiger partial charge is 0.356 e. The standard InChI is InChI=1S/C16H30N4/c1-7-8-17-16-18-14(6)9-15(19-16)20(10-12(2)3)11-13(4)5/h9,12-13H,7-8,10-11H2,1-6H3,(H,17,18,19). The van der Waals surface area contributed by atoms with Crippen LogP contribution in [0.1, 0.15) is 46.7 Å². The van der Waals surface area contributed by atoms with Crippen molar-refractivity contribution in [3.63, 3.8) is 0 Å². The first-order valence-electron chi connectivity index (χ1n) is 7.76. The Morgan fingerprint density at radius 1 is 1.10 bits per heavy atom. The van der Waals surface area contributed by atoms with Gasteiger partial charge in [0.25, 0.3) is 0 Å². The molecule has 0 saturated carbocycles. The molecule has 0 amide bonds. The molecule has 0 aliphatic heterocycles. The lowest BCUT2D eigenvalue weighted by Gasteiger charge is -2.28. The van der Waals surface area contributed by atoms with Crippen LogP contribution in [0, 0.1) is 18.8 Å². The van der Waals surface area contributed by atoms with Crippen LogP contribution in [0.4, 0.5) is 11.8 Å². The van der Waals surface area contributed by atoms with Crippen LogP contribution in [0.2, 0.25) is 0 Å². The first-order valence-corrected chi connectivity index (χ1v) is 7.76. The van der Waals surface area contributed by atoms with Crippen molar-refractivity contribution in [3.05, 3.63) is 11.8 Å². The zero-order valence-corrected chi connectivity index (χ0v) is 13.9. The van der Waals surface area contributed by atoms with Gasteiger partial charge in [-0.3, -0.25) is 0 Å². The molecule has 0 aliphatic rings. The Labute approximate surface area is 124 Å². The van der Waals surface area contributed by atoms with Crippen LogP contribution < -0.4 is 10.2 Å². The van der Waals surface area contributed by atoms with Gasteiger partial charge in [0.15, 0.2) is 0 Å². The molecule has 0 fully saturated rings. The summed E-state index contributed by atoms with van der Waals surface area (Å²) in [5.74, 6) is 3.03. The lowest BCUT2D eigenvalue weighted by molar-refractivity contribution is 0.548. The lowest BCUT2D eigenvalue weighted by atomic mass is 10.1. The van der Waals surface area contributed by atoms with Crippen LogP contribution in [0.3, 0.4) is 0 Å². The van der Waals surface area contributed by atoms with Gasteiger partial charge in [-0.15, -0.1) is 0 Å². The topological polar surface area (TPSA) is 41.1 Å². The van der Waals surface area contributed by atoms with Gasteiger partial charge in [0.05, 0.1) is 0 Å². The highest BCUT2D eigenvalue weighted by Gasteiger charge is 2.13. The lowest BCUT2D eigenvalue weighted by Crippen LogP contribution is -2.32. The van der Waals surface area contributed by atoms with Crippen molar-refractivity contribution >= 4 is 11.8 Å². The number of nitrogens with one attached hydrogen (secondary N) is 1. The number of anilines is 2. The van der Waals surface area contributed by atoms with Gasteiger partial charge in [-0.2, -0.15) is 4.98 Å². The third kappa shape index (κ3) is 5.76. The molecule has 1 aromatic rings. The van der Waals surface area contributed by atoms with Gasteiger partial charge in [0.1, 0.15) is 5.82 Å². The summed E-state index contributed by atoms with van der Waals surface area (Å²) in [5.41, 5.74) is 1.02. The van der Waals surface area contributed by atoms with Crippen LogP contribution in [-0.2, 0) is 0 Å². The highest BCUT2D eigenvalue weighted by atomic mass is 15.2. The maximum Gasteiger partial charge on any atom is 0.224 e. The second-order valence-electron chi connectivity index (χ2n) is 6.31. The van der Waals surface area contributed by atoms with Crippen LogP contribution in [0.15, 0.2) is 6.07 Å². The Hall–Kier alpha value is -1.32. The molecule has 4 heteroatoms. The fourth-order valence-corrected chi connectivity index (χ4v) is 2.17. The number of hydrogen-bond acceptors (Lipinski definition) is 4. The van der Waals surface area contributed by atoms with E-state index in [0.29, 0.717) is 11.8 Å². The van der Waals surface area contributed by atoms with E-state index in [2.05, 4.69) is 60.9 Å². The molecule has 0 atom stereocenters. The Kier molecular flexibility index (Phi) is 6.76. The number of rotatable bonds is 8. The van der Waals surface area contributed by atoms with E-state index in [4.69, 9.17) is 0 Å². The molecule has 1 rings (SSSR count). The molecule has 0 unspecified atom stereocenters. The van der Waals surface area contributed by atoms with E-state index in [-0.39, 0.29) is 0 Å². The third-order valence-electron chi connectivity index (χ3n) is 2.87. The van der Waals surface area contributed by atoms with Gasteiger partial charge in [-0.05, 0) is 25.2 Å². The molecule has 20 heavy (non-hydrogen) atoms. The van der Waals surface area contributed by atoms with E-state index in [1.165, 1.54) is 0 Å². The number of hydrogen-bond donors (Lipinski definition) is 1. The molecule has 0 radical (unpaired) electrons. The Morgan fingerprint density at radius 3 is 2.20 bits per heavy atom. The number of aromatic nitrogens is 2. The molecule has 1 N–H and O–H groups in total. The van der Waals surface area contributed by atoms with Gasteiger partial charge in [-0.1, -0.05) is 34.6 Å². The second kappa shape index (κ2) is 8.08. The van der Waals surface area contributed by atoms with E-state index in [1.54, 1.807) is 0 Å². The molecule has 0 aliphatic carbocycles. The Morgan fingerprint density at radius 2 is 1.70 bits per heavy atom. The maximum atomic E-state index is 4.68. The highest BCUT2D eigenvalue weighted by molar-refractivity contribution is 5.44. The van der Waals surface area contributed by atoms with Crippen molar-refractivity contribution in [1.29, 1.82) is 0 Å². The zero-order chi connectivity index (χ0) is 15.1. The summed E-state index contributed by atoms with van der Waals surface area (Å²) in [6, 6.07) is 2.09. The van der Waals surface area contributed by atoms with Crippen molar-refractivity contribution in [3.8, 4) is 0 Å². The summed E-state index contributed by atoms with van der Waals surface area (Å²) < 4.78 is 0. The maximum absolute atomic E-state index is 4.68. The van der Waals surface area contributed by atoms with Gasteiger partial charge >= 0.3 is 0 Å². The monoisotopic (exact) mass is 278 g/mol. The molecule has 0 spiro atoms. The molecular weight excluding hydrogens is 248 g/mol. The highest BCUT2D eigenvalue weighted by Crippen LogP contribution is 2.18. The predicted molar refractivity (Wildman–Crippen MR) is 87.4 cm³/mol. The van der Waals surface area contributed by atoms with Crippen LogP contribution in [0.5, 0.6) is 0 Å². The van der Waals surface area contributed by atoms with Crippen LogP contribution in [-0.4, -0.2) is 29.6 Å². The van der Waals surface area contributed by atoms with Crippen LogP contribution in [0.25, 0.3) is 0 Å².